The molecule has 0 amide bonds. The molecule has 0 radical (unpaired) electrons. The molecule has 3 rings (SSSR count). The fourth-order valence-electron chi connectivity index (χ4n) is 3.14. The third kappa shape index (κ3) is 4.05. The Labute approximate surface area is 164 Å². The molecule has 2 aromatic heterocycles. The van der Waals surface area contributed by atoms with E-state index in [1.54, 1.807) is 0 Å². The molecule has 1 fully saturated rings. The van der Waals surface area contributed by atoms with Crippen molar-refractivity contribution in [2.24, 2.45) is 5.73 Å². The van der Waals surface area contributed by atoms with Crippen LogP contribution in [0, 0.1) is 0 Å². The molecule has 12 heteroatoms. The van der Waals surface area contributed by atoms with Crippen LogP contribution >= 0.6 is 0 Å². The minimum Gasteiger partial charge on any atom is -0.548 e. The molecule has 154 valence electrons. The number of carbonyl (C=O) groups excluding carboxylic acids is 1. The lowest BCUT2D eigenvalue weighted by molar-refractivity contribution is -0.307. The first-order chi connectivity index (χ1) is 13.3. The van der Waals surface area contributed by atoms with Gasteiger partial charge >= 0.3 is 0 Å². The fraction of sp³-hybridized carbons (Fsp3) is 0.625. The summed E-state index contributed by atoms with van der Waals surface area (Å²) in [6.45, 7) is 1.98. The summed E-state index contributed by atoms with van der Waals surface area (Å²) in [4.78, 5) is 23.0. The van der Waals surface area contributed by atoms with Crippen LogP contribution in [0.2, 0.25) is 0 Å². The van der Waals surface area contributed by atoms with Gasteiger partial charge in [-0.3, -0.25) is 4.57 Å². The smallest absolute Gasteiger partial charge is 0.167 e. The van der Waals surface area contributed by atoms with Gasteiger partial charge in [0.25, 0.3) is 0 Å². The predicted molar refractivity (Wildman–Crippen MR) is 101 cm³/mol. The highest BCUT2D eigenvalue weighted by molar-refractivity contribution is 7.96. The van der Waals surface area contributed by atoms with Crippen LogP contribution in [0.3, 0.4) is 0 Å². The second-order valence-corrected chi connectivity index (χ2v) is 9.16. The number of anilines is 1. The van der Waals surface area contributed by atoms with Crippen molar-refractivity contribution in [3.8, 4) is 0 Å². The van der Waals surface area contributed by atoms with Gasteiger partial charge in [0.2, 0.25) is 0 Å². The molecule has 0 aliphatic carbocycles. The number of nitrogen functional groups attached to an aromatic ring is 1. The van der Waals surface area contributed by atoms with Crippen LogP contribution in [0.25, 0.3) is 11.2 Å². The normalized spacial score (nSPS) is 27.1. The zero-order chi connectivity index (χ0) is 20.4. The Balaban J connectivity index is 1.71. The monoisotopic (exact) mass is 412 g/mol. The molecule has 6 atom stereocenters. The van der Waals surface area contributed by atoms with Gasteiger partial charge in [-0.05, 0) is 17.8 Å². The van der Waals surface area contributed by atoms with E-state index in [0.29, 0.717) is 22.7 Å². The summed E-state index contributed by atoms with van der Waals surface area (Å²) >= 11 is 0. The number of aromatic nitrogens is 4. The number of aliphatic hydroxyl groups excluding tert-OH is 2. The zero-order valence-electron chi connectivity index (χ0n) is 15.3. The van der Waals surface area contributed by atoms with Gasteiger partial charge in [-0.1, -0.05) is 0 Å². The number of carbonyl (C=O) groups is 1. The molecule has 11 nitrogen and oxygen atoms in total. The van der Waals surface area contributed by atoms with Gasteiger partial charge in [-0.25, -0.2) is 15.0 Å². The third-order valence-electron chi connectivity index (χ3n) is 4.83. The standard InChI is InChI=1S/C16H24N6O5S/c1-2-28(4-3-8(17)16(25)26)5-9-11(23)12(24)15(27-9)22-7-21-10-13(18)19-6-20-14(10)22/h6-9,11-12,15,23-24H,2-5,17H2,1H3,(H2-,18,19,20,25,26)/t8-,9+,11+,12+,15+,28?/m0/s1. The molecule has 1 aliphatic heterocycles. The van der Waals surface area contributed by atoms with Crippen LogP contribution in [-0.2, 0) is 20.4 Å². The summed E-state index contributed by atoms with van der Waals surface area (Å²) < 4.78 is 7.46. The number of hydrogen-bond acceptors (Lipinski definition) is 10. The molecule has 1 aliphatic rings. The number of rotatable bonds is 8. The highest BCUT2D eigenvalue weighted by Crippen LogP contribution is 2.32. The van der Waals surface area contributed by atoms with Crippen molar-refractivity contribution in [1.29, 1.82) is 0 Å². The average molecular weight is 412 g/mol. The lowest BCUT2D eigenvalue weighted by Crippen LogP contribution is -2.43. The number of hydrogen-bond donors (Lipinski definition) is 4. The molecule has 0 aromatic carbocycles. The van der Waals surface area contributed by atoms with Gasteiger partial charge in [0.1, 0.15) is 47.4 Å². The van der Waals surface area contributed by atoms with E-state index >= 15 is 0 Å². The Kier molecular flexibility index (Phi) is 6.35. The van der Waals surface area contributed by atoms with Crippen LogP contribution in [0.1, 0.15) is 19.6 Å². The SMILES string of the molecule is CC[S+](CC[C@H](N)C(=O)[O-])C[C@H]1O[C@@H](n2cnc3c(N)ncnc32)[C@H](O)[C@@H]1O. The van der Waals surface area contributed by atoms with Crippen molar-refractivity contribution in [3.63, 3.8) is 0 Å². The van der Waals surface area contributed by atoms with Crippen molar-refractivity contribution in [2.45, 2.75) is 43.9 Å². The van der Waals surface area contributed by atoms with E-state index in [0.717, 1.165) is 5.75 Å². The Morgan fingerprint density at radius 1 is 1.39 bits per heavy atom. The maximum atomic E-state index is 10.8. The van der Waals surface area contributed by atoms with Crippen molar-refractivity contribution < 1.29 is 24.9 Å². The second-order valence-electron chi connectivity index (χ2n) is 6.62. The molecule has 2 aromatic rings. The summed E-state index contributed by atoms with van der Waals surface area (Å²) in [7, 11) is -0.224. The van der Waals surface area contributed by atoms with Crippen molar-refractivity contribution in [1.82, 2.24) is 19.5 Å². The molecule has 0 bridgehead atoms. The first-order valence-electron chi connectivity index (χ1n) is 8.88. The van der Waals surface area contributed by atoms with Crippen LogP contribution in [0.15, 0.2) is 12.7 Å². The molecule has 0 saturated carbocycles. The molecule has 1 saturated heterocycles. The summed E-state index contributed by atoms with van der Waals surface area (Å²) in [5, 5.41) is 31.8. The van der Waals surface area contributed by atoms with Crippen LogP contribution in [-0.4, -0.2) is 77.3 Å². The Hall–Kier alpha value is -1.99. The summed E-state index contributed by atoms with van der Waals surface area (Å²) in [6.07, 6.45) is -0.733. The molecular formula is C16H24N6O5S. The average Bonchev–Trinajstić information content (AvgIpc) is 3.21. The Bertz CT molecular complexity index is 835. The molecule has 28 heavy (non-hydrogen) atoms. The number of nitrogens with two attached hydrogens (primary N) is 2. The molecule has 1 unspecified atom stereocenters. The van der Waals surface area contributed by atoms with E-state index in [-0.39, 0.29) is 23.1 Å². The predicted octanol–water partition coefficient (Wildman–Crippen LogP) is -2.87. The summed E-state index contributed by atoms with van der Waals surface area (Å²) in [5.41, 5.74) is 12.1. The van der Waals surface area contributed by atoms with Gasteiger partial charge in [0.05, 0.1) is 12.3 Å². The van der Waals surface area contributed by atoms with Gasteiger partial charge in [0, 0.05) is 12.5 Å². The maximum absolute atomic E-state index is 10.8. The van der Waals surface area contributed by atoms with E-state index < -0.39 is 36.6 Å². The molecule has 0 spiro atoms. The first-order valence-corrected chi connectivity index (χ1v) is 10.6. The summed E-state index contributed by atoms with van der Waals surface area (Å²) in [6, 6.07) is -1.02. The van der Waals surface area contributed by atoms with Crippen LogP contribution in [0.4, 0.5) is 5.82 Å². The topological polar surface area (TPSA) is 185 Å². The second kappa shape index (κ2) is 8.57. The minimum atomic E-state index is -1.28. The van der Waals surface area contributed by atoms with E-state index in [2.05, 4.69) is 15.0 Å². The van der Waals surface area contributed by atoms with Crippen molar-refractivity contribution in [2.75, 3.05) is 23.0 Å². The number of aliphatic hydroxyl groups is 2. The quantitative estimate of drug-likeness (QED) is 0.328. The Morgan fingerprint density at radius 2 is 2.14 bits per heavy atom. The number of carboxylic acids is 1. The number of fused-ring (bicyclic) bond motifs is 1. The molecule has 6 N–H and O–H groups in total. The number of imidazole rings is 1. The highest BCUT2D eigenvalue weighted by atomic mass is 32.2. The fourth-order valence-corrected chi connectivity index (χ4v) is 5.16. The number of carboxylic acid groups (broad SMARTS) is 1. The van der Waals surface area contributed by atoms with E-state index in [9.17, 15) is 20.1 Å². The number of aliphatic carboxylic acids is 1. The molecule has 3 heterocycles. The molecular weight excluding hydrogens is 388 g/mol. The highest BCUT2D eigenvalue weighted by Gasteiger charge is 2.47. The van der Waals surface area contributed by atoms with Gasteiger partial charge in [-0.2, -0.15) is 0 Å². The Morgan fingerprint density at radius 3 is 2.82 bits per heavy atom. The maximum Gasteiger partial charge on any atom is 0.167 e. The first kappa shape index (κ1) is 20.7. The summed E-state index contributed by atoms with van der Waals surface area (Å²) in [5.74, 6) is 0.779. The number of ether oxygens (including phenoxy) is 1. The van der Waals surface area contributed by atoms with E-state index in [1.165, 1.54) is 17.2 Å². The minimum absolute atomic E-state index is 0.213. The van der Waals surface area contributed by atoms with E-state index in [4.69, 9.17) is 16.2 Å². The lowest BCUT2D eigenvalue weighted by atomic mass is 10.1. The largest absolute Gasteiger partial charge is 0.548 e. The van der Waals surface area contributed by atoms with Gasteiger partial charge < -0.3 is 36.3 Å². The number of nitrogens with zero attached hydrogens (tertiary/aromatic N) is 4. The van der Waals surface area contributed by atoms with Gasteiger partial charge in [0.15, 0.2) is 17.7 Å². The van der Waals surface area contributed by atoms with E-state index in [1.807, 2.05) is 6.92 Å². The van der Waals surface area contributed by atoms with Gasteiger partial charge in [-0.15, -0.1) is 0 Å². The van der Waals surface area contributed by atoms with Crippen LogP contribution < -0.4 is 16.6 Å². The lowest BCUT2D eigenvalue weighted by Gasteiger charge is -2.17. The third-order valence-corrected chi connectivity index (χ3v) is 7.26. The zero-order valence-corrected chi connectivity index (χ0v) is 16.2. The van der Waals surface area contributed by atoms with Crippen molar-refractivity contribution in [3.05, 3.63) is 12.7 Å². The van der Waals surface area contributed by atoms with Crippen molar-refractivity contribution >= 4 is 33.8 Å². The van der Waals surface area contributed by atoms with Crippen LogP contribution in [0.5, 0.6) is 0 Å².